The lowest BCUT2D eigenvalue weighted by molar-refractivity contribution is -0.119. The second kappa shape index (κ2) is 5.50. The SMILES string of the molecule is O=C(CN1c2ccc(Cl)cc2-c2ccccc2S1(=O)=O)NC1CC1. The molecular weight excluding hydrogens is 348 g/mol. The Morgan fingerprint density at radius 3 is 2.67 bits per heavy atom. The molecule has 4 rings (SSSR count). The number of amides is 1. The molecule has 0 unspecified atom stereocenters. The minimum absolute atomic E-state index is 0.182. The first-order valence-corrected chi connectivity index (χ1v) is 9.50. The maximum atomic E-state index is 13.0. The Morgan fingerprint density at radius 1 is 1.17 bits per heavy atom. The van der Waals surface area contributed by atoms with Crippen LogP contribution < -0.4 is 9.62 Å². The number of carbonyl (C=O) groups excluding carboxylic acids is 1. The van der Waals surface area contributed by atoms with Crippen LogP contribution in [0, 0.1) is 0 Å². The first-order chi connectivity index (χ1) is 11.5. The molecule has 1 N–H and O–H groups in total. The number of hydrogen-bond donors (Lipinski definition) is 1. The molecule has 1 fully saturated rings. The van der Waals surface area contributed by atoms with Gasteiger partial charge in [0.2, 0.25) is 5.91 Å². The van der Waals surface area contributed by atoms with Crippen molar-refractivity contribution in [3.8, 4) is 11.1 Å². The van der Waals surface area contributed by atoms with Gasteiger partial charge in [-0.1, -0.05) is 29.8 Å². The molecule has 2 aromatic rings. The monoisotopic (exact) mass is 362 g/mol. The fourth-order valence-electron chi connectivity index (χ4n) is 2.91. The fraction of sp³-hybridized carbons (Fsp3) is 0.235. The van der Waals surface area contributed by atoms with E-state index in [-0.39, 0.29) is 23.4 Å². The van der Waals surface area contributed by atoms with Crippen molar-refractivity contribution in [3.05, 3.63) is 47.5 Å². The number of nitrogens with zero attached hydrogens (tertiary/aromatic N) is 1. The summed E-state index contributed by atoms with van der Waals surface area (Å²) < 4.78 is 27.2. The third-order valence-corrected chi connectivity index (χ3v) is 6.26. The molecule has 1 amide bonds. The standard InChI is InChI=1S/C17H15ClN2O3S/c18-11-5-8-15-14(9-11)13-3-1-2-4-16(13)24(22,23)20(15)10-17(21)19-12-6-7-12/h1-5,8-9,12H,6-7,10H2,(H,19,21). The fourth-order valence-corrected chi connectivity index (χ4v) is 4.73. The van der Waals surface area contributed by atoms with Crippen LogP contribution in [0.5, 0.6) is 0 Å². The van der Waals surface area contributed by atoms with E-state index in [4.69, 9.17) is 11.6 Å². The Labute approximate surface area is 145 Å². The molecular formula is C17H15ClN2O3S. The van der Waals surface area contributed by atoms with E-state index in [1.54, 1.807) is 42.5 Å². The van der Waals surface area contributed by atoms with Crippen LogP contribution in [0.15, 0.2) is 47.4 Å². The minimum atomic E-state index is -3.79. The van der Waals surface area contributed by atoms with Crippen molar-refractivity contribution in [3.63, 3.8) is 0 Å². The molecule has 2 aromatic carbocycles. The van der Waals surface area contributed by atoms with Crippen LogP contribution in [-0.4, -0.2) is 26.9 Å². The summed E-state index contributed by atoms with van der Waals surface area (Å²) in [6.45, 7) is -0.234. The second-order valence-corrected chi connectivity index (χ2v) is 8.28. The summed E-state index contributed by atoms with van der Waals surface area (Å²) in [4.78, 5) is 12.4. The molecule has 7 heteroatoms. The van der Waals surface area contributed by atoms with Crippen LogP contribution in [-0.2, 0) is 14.8 Å². The molecule has 0 spiro atoms. The van der Waals surface area contributed by atoms with Crippen LogP contribution in [0.4, 0.5) is 5.69 Å². The zero-order valence-corrected chi connectivity index (χ0v) is 14.3. The smallest absolute Gasteiger partial charge is 0.265 e. The number of benzene rings is 2. The van der Waals surface area contributed by atoms with Crippen molar-refractivity contribution in [2.75, 3.05) is 10.8 Å². The van der Waals surface area contributed by atoms with Crippen molar-refractivity contribution in [2.24, 2.45) is 0 Å². The molecule has 0 saturated heterocycles. The van der Waals surface area contributed by atoms with Gasteiger partial charge in [0.1, 0.15) is 6.54 Å². The first-order valence-electron chi connectivity index (χ1n) is 7.68. The normalized spacial score (nSPS) is 17.8. The number of anilines is 1. The van der Waals surface area contributed by atoms with E-state index in [1.165, 1.54) is 4.31 Å². The topological polar surface area (TPSA) is 66.5 Å². The van der Waals surface area contributed by atoms with Crippen molar-refractivity contribution < 1.29 is 13.2 Å². The number of carbonyl (C=O) groups is 1. The second-order valence-electron chi connectivity index (χ2n) is 6.01. The van der Waals surface area contributed by atoms with Gasteiger partial charge < -0.3 is 5.32 Å². The van der Waals surface area contributed by atoms with E-state index in [0.717, 1.165) is 12.8 Å². The first kappa shape index (κ1) is 15.5. The molecule has 1 saturated carbocycles. The van der Waals surface area contributed by atoms with Crippen LogP contribution in [0.1, 0.15) is 12.8 Å². The molecule has 5 nitrogen and oxygen atoms in total. The summed E-state index contributed by atoms with van der Waals surface area (Å²) in [6, 6.07) is 12.0. The third kappa shape index (κ3) is 2.56. The molecule has 0 radical (unpaired) electrons. The Balaban J connectivity index is 1.83. The number of rotatable bonds is 3. The quantitative estimate of drug-likeness (QED) is 0.913. The van der Waals surface area contributed by atoms with Gasteiger partial charge in [-0.3, -0.25) is 9.10 Å². The van der Waals surface area contributed by atoms with Crippen molar-refractivity contribution in [1.82, 2.24) is 5.32 Å². The summed E-state index contributed by atoms with van der Waals surface area (Å²) in [5, 5.41) is 3.35. The summed E-state index contributed by atoms with van der Waals surface area (Å²) in [6.07, 6.45) is 1.90. The highest BCUT2D eigenvalue weighted by atomic mass is 35.5. The van der Waals surface area contributed by atoms with E-state index in [0.29, 0.717) is 21.8 Å². The largest absolute Gasteiger partial charge is 0.352 e. The highest BCUT2D eigenvalue weighted by molar-refractivity contribution is 7.93. The van der Waals surface area contributed by atoms with Crippen molar-refractivity contribution >= 4 is 33.2 Å². The number of hydrogen-bond acceptors (Lipinski definition) is 3. The van der Waals surface area contributed by atoms with E-state index in [9.17, 15) is 13.2 Å². The highest BCUT2D eigenvalue weighted by Gasteiger charge is 2.36. The van der Waals surface area contributed by atoms with Gasteiger partial charge in [0.15, 0.2) is 0 Å². The number of nitrogens with one attached hydrogen (secondary N) is 1. The summed E-state index contributed by atoms with van der Waals surface area (Å²) in [5.74, 6) is -0.290. The maximum Gasteiger partial charge on any atom is 0.265 e. The van der Waals surface area contributed by atoms with E-state index >= 15 is 0 Å². The molecule has 1 heterocycles. The van der Waals surface area contributed by atoms with Gasteiger partial charge >= 0.3 is 0 Å². The summed E-state index contributed by atoms with van der Waals surface area (Å²) in [7, 11) is -3.79. The van der Waals surface area contributed by atoms with Crippen LogP contribution in [0.2, 0.25) is 5.02 Å². The Kier molecular flexibility index (Phi) is 3.54. The van der Waals surface area contributed by atoms with Gasteiger partial charge in [-0.15, -0.1) is 0 Å². The van der Waals surface area contributed by atoms with Gasteiger partial charge in [-0.25, -0.2) is 8.42 Å². The van der Waals surface area contributed by atoms with Crippen LogP contribution in [0.3, 0.4) is 0 Å². The molecule has 0 bridgehead atoms. The van der Waals surface area contributed by atoms with Gasteiger partial charge in [-0.05, 0) is 37.1 Å². The summed E-state index contributed by atoms with van der Waals surface area (Å²) >= 11 is 6.10. The zero-order chi connectivity index (χ0) is 16.9. The highest BCUT2D eigenvalue weighted by Crippen LogP contribution is 2.43. The molecule has 124 valence electrons. The zero-order valence-electron chi connectivity index (χ0n) is 12.7. The number of sulfonamides is 1. The lowest BCUT2D eigenvalue weighted by Crippen LogP contribution is -2.43. The number of halogens is 1. The van der Waals surface area contributed by atoms with Crippen LogP contribution in [0.25, 0.3) is 11.1 Å². The van der Waals surface area contributed by atoms with E-state index in [1.807, 2.05) is 0 Å². The van der Waals surface area contributed by atoms with Gasteiger partial charge in [0, 0.05) is 22.2 Å². The van der Waals surface area contributed by atoms with Gasteiger partial charge in [0.25, 0.3) is 10.0 Å². The molecule has 2 aliphatic rings. The Morgan fingerprint density at radius 2 is 1.92 bits per heavy atom. The van der Waals surface area contributed by atoms with Crippen molar-refractivity contribution in [1.29, 1.82) is 0 Å². The number of fused-ring (bicyclic) bond motifs is 3. The van der Waals surface area contributed by atoms with E-state index in [2.05, 4.69) is 5.32 Å². The molecule has 1 aliphatic heterocycles. The van der Waals surface area contributed by atoms with Gasteiger partial charge in [0.05, 0.1) is 10.6 Å². The predicted molar refractivity (Wildman–Crippen MR) is 92.6 cm³/mol. The Hall–Kier alpha value is -2.05. The van der Waals surface area contributed by atoms with Crippen LogP contribution >= 0.6 is 11.6 Å². The average Bonchev–Trinajstić information content (AvgIpc) is 3.36. The lowest BCUT2D eigenvalue weighted by atomic mass is 10.0. The minimum Gasteiger partial charge on any atom is -0.352 e. The Bertz CT molecular complexity index is 939. The van der Waals surface area contributed by atoms with Gasteiger partial charge in [-0.2, -0.15) is 0 Å². The molecule has 24 heavy (non-hydrogen) atoms. The third-order valence-electron chi connectivity index (χ3n) is 4.20. The molecule has 0 atom stereocenters. The average molecular weight is 363 g/mol. The maximum absolute atomic E-state index is 13.0. The van der Waals surface area contributed by atoms with E-state index < -0.39 is 10.0 Å². The van der Waals surface area contributed by atoms with Crippen molar-refractivity contribution in [2.45, 2.75) is 23.8 Å². The lowest BCUT2D eigenvalue weighted by Gasteiger charge is -2.31. The predicted octanol–water partition coefficient (Wildman–Crippen LogP) is 2.79. The molecule has 0 aromatic heterocycles. The molecule has 1 aliphatic carbocycles. The summed E-state index contributed by atoms with van der Waals surface area (Å²) in [5.41, 5.74) is 1.80.